The van der Waals surface area contributed by atoms with Crippen LogP contribution in [0.5, 0.6) is 0 Å². The average molecular weight is 272 g/mol. The largest absolute Gasteiger partial charge is 0.351 e. The second-order valence-electron chi connectivity index (χ2n) is 3.75. The number of hydrogen-bond acceptors (Lipinski definition) is 3. The fourth-order valence-electron chi connectivity index (χ4n) is 1.24. The summed E-state index contributed by atoms with van der Waals surface area (Å²) in [5.74, 6) is -0.506. The highest BCUT2D eigenvalue weighted by molar-refractivity contribution is 5.96. The second kappa shape index (κ2) is 8.49. The Balaban J connectivity index is 0.00000289. The van der Waals surface area contributed by atoms with Gasteiger partial charge in [0.25, 0.3) is 5.91 Å². The van der Waals surface area contributed by atoms with E-state index >= 15 is 0 Å². The zero-order valence-corrected chi connectivity index (χ0v) is 11.0. The first-order chi connectivity index (χ1) is 8.13. The van der Waals surface area contributed by atoms with Gasteiger partial charge in [-0.3, -0.25) is 9.59 Å². The zero-order valence-electron chi connectivity index (χ0n) is 10.2. The third kappa shape index (κ3) is 5.65. The molecular formula is C12H18ClN3O2. The van der Waals surface area contributed by atoms with E-state index in [1.165, 1.54) is 0 Å². The Morgan fingerprint density at radius 3 is 2.44 bits per heavy atom. The summed E-state index contributed by atoms with van der Waals surface area (Å²) in [6, 6.07) is 8.66. The van der Waals surface area contributed by atoms with E-state index in [-0.39, 0.29) is 36.8 Å². The molecule has 0 spiro atoms. The van der Waals surface area contributed by atoms with Gasteiger partial charge in [-0.2, -0.15) is 0 Å². The molecule has 0 aromatic heterocycles. The van der Waals surface area contributed by atoms with Crippen LogP contribution in [0, 0.1) is 0 Å². The maximum absolute atomic E-state index is 11.6. The molecule has 5 nitrogen and oxygen atoms in total. The van der Waals surface area contributed by atoms with E-state index in [4.69, 9.17) is 5.73 Å². The number of amides is 2. The maximum Gasteiger partial charge on any atom is 0.251 e. The predicted molar refractivity (Wildman–Crippen MR) is 72.7 cm³/mol. The summed E-state index contributed by atoms with van der Waals surface area (Å²) in [4.78, 5) is 23.0. The van der Waals surface area contributed by atoms with Gasteiger partial charge in [0.15, 0.2) is 0 Å². The minimum atomic E-state index is -0.263. The molecule has 0 aliphatic carbocycles. The monoisotopic (exact) mass is 271 g/mol. The van der Waals surface area contributed by atoms with Crippen LogP contribution in [0.2, 0.25) is 0 Å². The van der Waals surface area contributed by atoms with Crippen molar-refractivity contribution in [2.45, 2.75) is 13.0 Å². The number of carbonyl (C=O) groups is 2. The average Bonchev–Trinajstić information content (AvgIpc) is 2.36. The predicted octanol–water partition coefficient (Wildman–Crippen LogP) is 0.302. The number of rotatable bonds is 5. The van der Waals surface area contributed by atoms with Gasteiger partial charge < -0.3 is 16.4 Å². The standard InChI is InChI=1S/C12H17N3O2.ClH/c1-9(7-13)15-11(16)8-14-12(17)10-5-3-2-4-6-10;/h2-6,9H,7-8,13H2,1H3,(H,14,17)(H,15,16);1H/t9-;/m1./s1. The summed E-state index contributed by atoms with van der Waals surface area (Å²) in [5.41, 5.74) is 5.90. The van der Waals surface area contributed by atoms with Crippen molar-refractivity contribution in [2.75, 3.05) is 13.1 Å². The Bertz CT molecular complexity index is 384. The maximum atomic E-state index is 11.6. The molecule has 1 aromatic carbocycles. The second-order valence-corrected chi connectivity index (χ2v) is 3.75. The van der Waals surface area contributed by atoms with E-state index in [9.17, 15) is 9.59 Å². The molecule has 0 radical (unpaired) electrons. The lowest BCUT2D eigenvalue weighted by molar-refractivity contribution is -0.120. The van der Waals surface area contributed by atoms with Crippen LogP contribution in [-0.4, -0.2) is 30.9 Å². The van der Waals surface area contributed by atoms with Crippen molar-refractivity contribution in [3.05, 3.63) is 35.9 Å². The van der Waals surface area contributed by atoms with Crippen LogP contribution >= 0.6 is 12.4 Å². The van der Waals surface area contributed by atoms with Crippen molar-refractivity contribution < 1.29 is 9.59 Å². The quantitative estimate of drug-likeness (QED) is 0.720. The molecular weight excluding hydrogens is 254 g/mol. The molecule has 18 heavy (non-hydrogen) atoms. The number of nitrogens with one attached hydrogen (secondary N) is 2. The van der Waals surface area contributed by atoms with Gasteiger partial charge in [-0.05, 0) is 19.1 Å². The first-order valence-electron chi connectivity index (χ1n) is 5.46. The van der Waals surface area contributed by atoms with Crippen molar-refractivity contribution in [3.8, 4) is 0 Å². The fourth-order valence-corrected chi connectivity index (χ4v) is 1.24. The number of carbonyl (C=O) groups excluding carboxylic acids is 2. The highest BCUT2D eigenvalue weighted by Gasteiger charge is 2.08. The molecule has 100 valence electrons. The molecule has 0 bridgehead atoms. The molecule has 1 aromatic rings. The minimum absolute atomic E-state index is 0. The van der Waals surface area contributed by atoms with Crippen molar-refractivity contribution >= 4 is 24.2 Å². The van der Waals surface area contributed by atoms with Crippen LogP contribution in [0.3, 0.4) is 0 Å². The van der Waals surface area contributed by atoms with E-state index in [0.29, 0.717) is 12.1 Å². The highest BCUT2D eigenvalue weighted by Crippen LogP contribution is 1.97. The number of halogens is 1. The molecule has 0 saturated heterocycles. The SMILES string of the molecule is C[C@H](CN)NC(=O)CNC(=O)c1ccccc1.Cl. The molecule has 0 aliphatic rings. The molecule has 0 fully saturated rings. The van der Waals surface area contributed by atoms with Crippen LogP contribution in [0.4, 0.5) is 0 Å². The van der Waals surface area contributed by atoms with E-state index < -0.39 is 0 Å². The van der Waals surface area contributed by atoms with Gasteiger partial charge in [0.2, 0.25) is 5.91 Å². The van der Waals surface area contributed by atoms with Crippen molar-refractivity contribution in [3.63, 3.8) is 0 Å². The van der Waals surface area contributed by atoms with Gasteiger partial charge in [0, 0.05) is 18.2 Å². The minimum Gasteiger partial charge on any atom is -0.351 e. The molecule has 0 heterocycles. The third-order valence-corrected chi connectivity index (χ3v) is 2.21. The lowest BCUT2D eigenvalue weighted by Gasteiger charge is -2.11. The lowest BCUT2D eigenvalue weighted by Crippen LogP contribution is -2.43. The summed E-state index contributed by atoms with van der Waals surface area (Å²) < 4.78 is 0. The van der Waals surface area contributed by atoms with E-state index in [1.54, 1.807) is 31.2 Å². The van der Waals surface area contributed by atoms with Gasteiger partial charge in [0.1, 0.15) is 0 Å². The van der Waals surface area contributed by atoms with Gasteiger partial charge in [0.05, 0.1) is 6.54 Å². The fraction of sp³-hybridized carbons (Fsp3) is 0.333. The summed E-state index contributed by atoms with van der Waals surface area (Å²) in [7, 11) is 0. The Hall–Kier alpha value is -1.59. The number of hydrogen-bond donors (Lipinski definition) is 3. The number of nitrogens with two attached hydrogens (primary N) is 1. The Morgan fingerprint density at radius 1 is 1.28 bits per heavy atom. The smallest absolute Gasteiger partial charge is 0.251 e. The van der Waals surface area contributed by atoms with Gasteiger partial charge in [-0.1, -0.05) is 18.2 Å². The summed E-state index contributed by atoms with van der Waals surface area (Å²) in [6.45, 7) is 2.13. The molecule has 4 N–H and O–H groups in total. The van der Waals surface area contributed by atoms with Crippen molar-refractivity contribution in [1.82, 2.24) is 10.6 Å². The van der Waals surface area contributed by atoms with E-state index in [2.05, 4.69) is 10.6 Å². The normalized spacial score (nSPS) is 11.0. The highest BCUT2D eigenvalue weighted by atomic mass is 35.5. The molecule has 2 amide bonds. The molecule has 1 atom stereocenters. The Kier molecular flexibility index (Phi) is 7.74. The Labute approximate surface area is 113 Å². The summed E-state index contributed by atoms with van der Waals surface area (Å²) in [5, 5.41) is 5.19. The van der Waals surface area contributed by atoms with Crippen LogP contribution in [-0.2, 0) is 4.79 Å². The molecule has 1 rings (SSSR count). The van der Waals surface area contributed by atoms with Gasteiger partial charge >= 0.3 is 0 Å². The lowest BCUT2D eigenvalue weighted by atomic mass is 10.2. The van der Waals surface area contributed by atoms with E-state index in [1.807, 2.05) is 6.07 Å². The third-order valence-electron chi connectivity index (χ3n) is 2.21. The first-order valence-corrected chi connectivity index (χ1v) is 5.46. The topological polar surface area (TPSA) is 84.2 Å². The first kappa shape index (κ1) is 16.4. The van der Waals surface area contributed by atoms with Crippen molar-refractivity contribution in [1.29, 1.82) is 0 Å². The number of benzene rings is 1. The van der Waals surface area contributed by atoms with Crippen LogP contribution in [0.25, 0.3) is 0 Å². The molecule has 0 aliphatic heterocycles. The van der Waals surface area contributed by atoms with Crippen LogP contribution in [0.1, 0.15) is 17.3 Å². The van der Waals surface area contributed by atoms with Gasteiger partial charge in [-0.15, -0.1) is 12.4 Å². The van der Waals surface area contributed by atoms with Crippen molar-refractivity contribution in [2.24, 2.45) is 5.73 Å². The van der Waals surface area contributed by atoms with E-state index in [0.717, 1.165) is 0 Å². The summed E-state index contributed by atoms with van der Waals surface area (Å²) in [6.07, 6.45) is 0. The van der Waals surface area contributed by atoms with Crippen LogP contribution < -0.4 is 16.4 Å². The van der Waals surface area contributed by atoms with Crippen LogP contribution in [0.15, 0.2) is 30.3 Å². The molecule has 0 saturated carbocycles. The molecule has 0 unspecified atom stereocenters. The molecule has 6 heteroatoms. The summed E-state index contributed by atoms with van der Waals surface area (Å²) >= 11 is 0. The zero-order chi connectivity index (χ0) is 12.7. The van der Waals surface area contributed by atoms with Gasteiger partial charge in [-0.25, -0.2) is 0 Å². The Morgan fingerprint density at radius 2 is 1.89 bits per heavy atom.